The number of hydrogen-bond acceptors (Lipinski definition) is 2. The number of hydrogen-bond donors (Lipinski definition) is 1. The third kappa shape index (κ3) is 2.78. The molecule has 1 aromatic carbocycles. The Hall–Kier alpha value is -2.08. The summed E-state index contributed by atoms with van der Waals surface area (Å²) >= 11 is 0. The van der Waals surface area contributed by atoms with Gasteiger partial charge in [-0.05, 0) is 55.9 Å². The standard InChI is InChI=1S/C15H16N2O/c1-11-5-4-8-13(9-11)17-15(18)14(10-16)12-6-2-3-7-12/h4-5,8-9H,2-3,6-7H2,1H3,(H,17,18). The second kappa shape index (κ2) is 5.50. The van der Waals surface area contributed by atoms with Gasteiger partial charge in [-0.3, -0.25) is 4.79 Å². The lowest BCUT2D eigenvalue weighted by atomic mass is 10.1. The second-order valence-corrected chi connectivity index (χ2v) is 4.62. The number of aryl methyl sites for hydroxylation is 1. The van der Waals surface area contributed by atoms with Crippen LogP contribution in [0.1, 0.15) is 31.2 Å². The van der Waals surface area contributed by atoms with Crippen LogP contribution in [-0.4, -0.2) is 5.91 Å². The number of nitrogens with one attached hydrogen (secondary N) is 1. The highest BCUT2D eigenvalue weighted by atomic mass is 16.1. The van der Waals surface area contributed by atoms with Crippen LogP contribution in [0.5, 0.6) is 0 Å². The Labute approximate surface area is 107 Å². The van der Waals surface area contributed by atoms with E-state index >= 15 is 0 Å². The van der Waals surface area contributed by atoms with Gasteiger partial charge >= 0.3 is 0 Å². The first-order chi connectivity index (χ1) is 8.70. The topological polar surface area (TPSA) is 52.9 Å². The van der Waals surface area contributed by atoms with Crippen molar-refractivity contribution in [1.29, 1.82) is 5.26 Å². The Morgan fingerprint density at radius 1 is 1.33 bits per heavy atom. The van der Waals surface area contributed by atoms with Gasteiger partial charge in [0.2, 0.25) is 0 Å². The van der Waals surface area contributed by atoms with Gasteiger partial charge in [0.15, 0.2) is 0 Å². The van der Waals surface area contributed by atoms with E-state index in [1.54, 1.807) is 0 Å². The summed E-state index contributed by atoms with van der Waals surface area (Å²) < 4.78 is 0. The Balaban J connectivity index is 2.17. The van der Waals surface area contributed by atoms with Crippen LogP contribution in [0, 0.1) is 18.3 Å². The van der Waals surface area contributed by atoms with Gasteiger partial charge in [0, 0.05) is 5.69 Å². The van der Waals surface area contributed by atoms with Crippen LogP contribution in [0.25, 0.3) is 0 Å². The average Bonchev–Trinajstić information content (AvgIpc) is 2.83. The molecule has 0 radical (unpaired) electrons. The Morgan fingerprint density at radius 3 is 2.67 bits per heavy atom. The third-order valence-electron chi connectivity index (χ3n) is 3.18. The monoisotopic (exact) mass is 240 g/mol. The zero-order chi connectivity index (χ0) is 13.0. The van der Waals surface area contributed by atoms with Gasteiger partial charge in [0.25, 0.3) is 5.91 Å². The lowest BCUT2D eigenvalue weighted by molar-refractivity contribution is -0.112. The van der Waals surface area contributed by atoms with Gasteiger partial charge < -0.3 is 5.32 Å². The van der Waals surface area contributed by atoms with Crippen LogP contribution in [0.3, 0.4) is 0 Å². The van der Waals surface area contributed by atoms with Crippen molar-refractivity contribution in [2.75, 3.05) is 5.32 Å². The van der Waals surface area contributed by atoms with E-state index in [1.807, 2.05) is 37.3 Å². The van der Waals surface area contributed by atoms with Crippen LogP contribution < -0.4 is 5.32 Å². The van der Waals surface area contributed by atoms with Crippen LogP contribution in [0.15, 0.2) is 35.4 Å². The summed E-state index contributed by atoms with van der Waals surface area (Å²) in [6, 6.07) is 9.63. The fourth-order valence-electron chi connectivity index (χ4n) is 2.26. The van der Waals surface area contributed by atoms with Gasteiger partial charge in [-0.15, -0.1) is 0 Å². The highest BCUT2D eigenvalue weighted by Gasteiger charge is 2.18. The predicted molar refractivity (Wildman–Crippen MR) is 70.9 cm³/mol. The van der Waals surface area contributed by atoms with Crippen molar-refractivity contribution in [3.8, 4) is 6.07 Å². The summed E-state index contributed by atoms with van der Waals surface area (Å²) in [5.41, 5.74) is 3.13. The Bertz CT molecular complexity index is 530. The molecule has 0 bridgehead atoms. The molecule has 0 saturated heterocycles. The number of rotatable bonds is 2. The maximum absolute atomic E-state index is 12.1. The molecule has 1 aliphatic rings. The predicted octanol–water partition coefficient (Wildman–Crippen LogP) is 3.33. The normalized spacial score (nSPS) is 14.1. The Kier molecular flexibility index (Phi) is 3.78. The fourth-order valence-corrected chi connectivity index (χ4v) is 2.26. The number of nitriles is 1. The maximum atomic E-state index is 12.1. The van der Waals surface area contributed by atoms with E-state index in [1.165, 1.54) is 0 Å². The first kappa shape index (κ1) is 12.4. The SMILES string of the molecule is Cc1cccc(NC(=O)C(C#N)=C2CCCC2)c1. The summed E-state index contributed by atoms with van der Waals surface area (Å²) in [7, 11) is 0. The molecule has 0 unspecified atom stereocenters. The zero-order valence-corrected chi connectivity index (χ0v) is 10.5. The zero-order valence-electron chi connectivity index (χ0n) is 10.5. The minimum Gasteiger partial charge on any atom is -0.321 e. The van der Waals surface area contributed by atoms with E-state index in [9.17, 15) is 4.79 Å². The van der Waals surface area contributed by atoms with E-state index in [0.717, 1.165) is 42.5 Å². The molecule has 18 heavy (non-hydrogen) atoms. The minimum atomic E-state index is -0.278. The van der Waals surface area contributed by atoms with E-state index in [-0.39, 0.29) is 5.91 Å². The molecular formula is C15H16N2O. The van der Waals surface area contributed by atoms with Crippen LogP contribution >= 0.6 is 0 Å². The van der Waals surface area contributed by atoms with E-state index in [2.05, 4.69) is 5.32 Å². The van der Waals surface area contributed by atoms with Crippen LogP contribution in [0.4, 0.5) is 5.69 Å². The molecule has 1 aromatic rings. The largest absolute Gasteiger partial charge is 0.321 e. The molecule has 1 N–H and O–H groups in total. The molecule has 1 saturated carbocycles. The number of nitrogens with zero attached hydrogens (tertiary/aromatic N) is 1. The summed E-state index contributed by atoms with van der Waals surface area (Å²) in [4.78, 5) is 12.1. The minimum absolute atomic E-state index is 0.278. The van der Waals surface area contributed by atoms with E-state index in [4.69, 9.17) is 5.26 Å². The van der Waals surface area contributed by atoms with Crippen molar-refractivity contribution in [2.24, 2.45) is 0 Å². The number of amides is 1. The molecule has 0 aromatic heterocycles. The quantitative estimate of drug-likeness (QED) is 0.636. The number of carbonyl (C=O) groups is 1. The molecule has 92 valence electrons. The van der Waals surface area contributed by atoms with E-state index in [0.29, 0.717) is 5.57 Å². The van der Waals surface area contributed by atoms with Crippen molar-refractivity contribution in [3.05, 3.63) is 41.0 Å². The van der Waals surface area contributed by atoms with Crippen molar-refractivity contribution >= 4 is 11.6 Å². The van der Waals surface area contributed by atoms with Crippen molar-refractivity contribution in [3.63, 3.8) is 0 Å². The molecule has 3 nitrogen and oxygen atoms in total. The van der Waals surface area contributed by atoms with Gasteiger partial charge in [-0.1, -0.05) is 12.1 Å². The van der Waals surface area contributed by atoms with Gasteiger partial charge in [-0.25, -0.2) is 0 Å². The first-order valence-corrected chi connectivity index (χ1v) is 6.21. The molecule has 0 atom stereocenters. The number of allylic oxidation sites excluding steroid dienone is 1. The Morgan fingerprint density at radius 2 is 2.06 bits per heavy atom. The van der Waals surface area contributed by atoms with E-state index < -0.39 is 0 Å². The summed E-state index contributed by atoms with van der Waals surface area (Å²) in [6.07, 6.45) is 3.92. The van der Waals surface area contributed by atoms with Gasteiger partial charge in [-0.2, -0.15) is 5.26 Å². The van der Waals surface area contributed by atoms with Gasteiger partial charge in [0.1, 0.15) is 11.6 Å². The summed E-state index contributed by atoms with van der Waals surface area (Å²) in [5.74, 6) is -0.278. The number of anilines is 1. The molecule has 0 aliphatic heterocycles. The number of carbonyl (C=O) groups excluding carboxylic acids is 1. The highest BCUT2D eigenvalue weighted by molar-refractivity contribution is 6.07. The lowest BCUT2D eigenvalue weighted by Crippen LogP contribution is -2.15. The lowest BCUT2D eigenvalue weighted by Gasteiger charge is -2.06. The van der Waals surface area contributed by atoms with Crippen LogP contribution in [-0.2, 0) is 4.79 Å². The maximum Gasteiger partial charge on any atom is 0.266 e. The molecular weight excluding hydrogens is 224 g/mol. The highest BCUT2D eigenvalue weighted by Crippen LogP contribution is 2.27. The molecule has 2 rings (SSSR count). The average molecular weight is 240 g/mol. The van der Waals surface area contributed by atoms with Gasteiger partial charge in [0.05, 0.1) is 0 Å². The summed E-state index contributed by atoms with van der Waals surface area (Å²) in [6.45, 7) is 1.97. The second-order valence-electron chi connectivity index (χ2n) is 4.62. The molecule has 1 aliphatic carbocycles. The van der Waals surface area contributed by atoms with Crippen molar-refractivity contribution in [2.45, 2.75) is 32.6 Å². The smallest absolute Gasteiger partial charge is 0.266 e. The fraction of sp³-hybridized carbons (Fsp3) is 0.333. The summed E-state index contributed by atoms with van der Waals surface area (Å²) in [5, 5.41) is 11.9. The molecule has 1 fully saturated rings. The van der Waals surface area contributed by atoms with Crippen LogP contribution in [0.2, 0.25) is 0 Å². The van der Waals surface area contributed by atoms with Crippen molar-refractivity contribution < 1.29 is 4.79 Å². The molecule has 1 amide bonds. The van der Waals surface area contributed by atoms with Crippen molar-refractivity contribution in [1.82, 2.24) is 0 Å². The first-order valence-electron chi connectivity index (χ1n) is 6.21. The molecule has 3 heteroatoms. The third-order valence-corrected chi connectivity index (χ3v) is 3.18. The number of benzene rings is 1. The molecule has 0 spiro atoms. The molecule has 0 heterocycles.